The van der Waals surface area contributed by atoms with E-state index in [-0.39, 0.29) is 6.10 Å². The Morgan fingerprint density at radius 2 is 2.07 bits per heavy atom. The van der Waals surface area contributed by atoms with E-state index in [1.807, 2.05) is 0 Å². The van der Waals surface area contributed by atoms with Crippen LogP contribution in [0, 0.1) is 0 Å². The van der Waals surface area contributed by atoms with E-state index in [2.05, 4.69) is 21.9 Å². The third kappa shape index (κ3) is 3.62. The van der Waals surface area contributed by atoms with Gasteiger partial charge < -0.3 is 4.74 Å². The Morgan fingerprint density at radius 1 is 1.22 bits per heavy atom. The number of fused-ring (bicyclic) bond motifs is 1. The van der Waals surface area contributed by atoms with Crippen LogP contribution in [-0.4, -0.2) is 45.2 Å². The van der Waals surface area contributed by atoms with Crippen molar-refractivity contribution in [2.75, 3.05) is 19.6 Å². The molecule has 1 aliphatic heterocycles. The Balaban J connectivity index is 1.65. The van der Waals surface area contributed by atoms with Gasteiger partial charge in [0.05, 0.1) is 17.5 Å². The van der Waals surface area contributed by atoms with Gasteiger partial charge in [-0.1, -0.05) is 19.1 Å². The summed E-state index contributed by atoms with van der Waals surface area (Å²) in [4.78, 5) is 6.54. The third-order valence-corrected chi connectivity index (χ3v) is 4.79. The lowest BCUT2D eigenvalue weighted by atomic mass is 10.1. The molecule has 1 unspecified atom stereocenters. The van der Waals surface area contributed by atoms with E-state index < -0.39 is 11.7 Å². The lowest BCUT2D eigenvalue weighted by molar-refractivity contribution is -0.137. The number of hydrogen-bond acceptors (Lipinski definition) is 4. The van der Waals surface area contributed by atoms with Gasteiger partial charge in [0.15, 0.2) is 5.65 Å². The number of ether oxygens (including phenoxy) is 1. The van der Waals surface area contributed by atoms with Crippen molar-refractivity contribution in [2.24, 2.45) is 0 Å². The Labute approximate surface area is 154 Å². The van der Waals surface area contributed by atoms with Crippen molar-refractivity contribution in [3.05, 3.63) is 48.2 Å². The van der Waals surface area contributed by atoms with Crippen LogP contribution < -0.4 is 4.74 Å². The summed E-state index contributed by atoms with van der Waals surface area (Å²) < 4.78 is 46.5. The quantitative estimate of drug-likeness (QED) is 0.693. The zero-order valence-corrected chi connectivity index (χ0v) is 14.8. The molecule has 0 spiro atoms. The monoisotopic (exact) mass is 376 g/mol. The van der Waals surface area contributed by atoms with Crippen LogP contribution in [0.4, 0.5) is 13.2 Å². The SMILES string of the molecule is CCN1CCC(Oc2ccc3ncc(-c4cccc(C(F)(F)F)c4)n3n2)C1. The van der Waals surface area contributed by atoms with Gasteiger partial charge >= 0.3 is 6.18 Å². The first-order chi connectivity index (χ1) is 12.9. The van der Waals surface area contributed by atoms with E-state index in [1.54, 1.807) is 18.2 Å². The second-order valence-corrected chi connectivity index (χ2v) is 6.59. The molecule has 142 valence electrons. The Bertz CT molecular complexity index is 954. The van der Waals surface area contributed by atoms with E-state index in [9.17, 15) is 13.2 Å². The maximum atomic E-state index is 13.0. The molecule has 3 heterocycles. The van der Waals surface area contributed by atoms with Crippen LogP contribution in [0.1, 0.15) is 18.9 Å². The molecule has 8 heteroatoms. The average molecular weight is 376 g/mol. The molecular formula is C19H19F3N4O. The number of nitrogens with zero attached hydrogens (tertiary/aromatic N) is 4. The molecule has 1 aromatic carbocycles. The highest BCUT2D eigenvalue weighted by Gasteiger charge is 2.30. The van der Waals surface area contributed by atoms with Gasteiger partial charge in [0.2, 0.25) is 5.88 Å². The van der Waals surface area contributed by atoms with Crippen molar-refractivity contribution in [2.45, 2.75) is 25.6 Å². The maximum Gasteiger partial charge on any atom is 0.416 e. The lowest BCUT2D eigenvalue weighted by Gasteiger charge is -2.14. The number of rotatable bonds is 4. The van der Waals surface area contributed by atoms with E-state index in [1.165, 1.54) is 16.8 Å². The molecule has 1 fully saturated rings. The number of aromatic nitrogens is 3. The first-order valence-electron chi connectivity index (χ1n) is 8.85. The zero-order valence-electron chi connectivity index (χ0n) is 14.8. The van der Waals surface area contributed by atoms with Crippen molar-refractivity contribution in [1.29, 1.82) is 0 Å². The summed E-state index contributed by atoms with van der Waals surface area (Å²) in [6, 6.07) is 8.65. The van der Waals surface area contributed by atoms with Crippen LogP contribution in [-0.2, 0) is 6.18 Å². The summed E-state index contributed by atoms with van der Waals surface area (Å²) in [7, 11) is 0. The molecule has 4 rings (SSSR count). The first-order valence-corrected chi connectivity index (χ1v) is 8.85. The second-order valence-electron chi connectivity index (χ2n) is 6.59. The van der Waals surface area contributed by atoms with Gasteiger partial charge in [0.1, 0.15) is 6.10 Å². The van der Waals surface area contributed by atoms with Gasteiger partial charge in [-0.2, -0.15) is 13.2 Å². The molecule has 0 amide bonds. The van der Waals surface area contributed by atoms with Gasteiger partial charge in [0, 0.05) is 24.7 Å². The number of imidazole rings is 1. The number of alkyl halides is 3. The van der Waals surface area contributed by atoms with Crippen LogP contribution in [0.3, 0.4) is 0 Å². The minimum Gasteiger partial charge on any atom is -0.472 e. The average Bonchev–Trinajstić information content (AvgIpc) is 3.27. The first kappa shape index (κ1) is 17.8. The smallest absolute Gasteiger partial charge is 0.416 e. The van der Waals surface area contributed by atoms with Gasteiger partial charge in [-0.15, -0.1) is 5.10 Å². The molecule has 0 aliphatic carbocycles. The molecule has 1 saturated heterocycles. The van der Waals surface area contributed by atoms with Crippen LogP contribution in [0.5, 0.6) is 5.88 Å². The summed E-state index contributed by atoms with van der Waals surface area (Å²) in [5.74, 6) is 0.441. The van der Waals surface area contributed by atoms with Gasteiger partial charge in [-0.3, -0.25) is 4.90 Å². The molecule has 2 aromatic heterocycles. The van der Waals surface area contributed by atoms with Gasteiger partial charge in [0.25, 0.3) is 0 Å². The minimum absolute atomic E-state index is 0.0652. The fourth-order valence-corrected chi connectivity index (χ4v) is 3.32. The summed E-state index contributed by atoms with van der Waals surface area (Å²) in [6.07, 6.45) is -1.88. The molecule has 27 heavy (non-hydrogen) atoms. The number of benzene rings is 1. The predicted octanol–water partition coefficient (Wildman–Crippen LogP) is 3.89. The largest absolute Gasteiger partial charge is 0.472 e. The van der Waals surface area contributed by atoms with Crippen molar-refractivity contribution < 1.29 is 17.9 Å². The van der Waals surface area contributed by atoms with Crippen LogP contribution in [0.25, 0.3) is 16.9 Å². The highest BCUT2D eigenvalue weighted by Crippen LogP contribution is 2.32. The maximum absolute atomic E-state index is 13.0. The van der Waals surface area contributed by atoms with Crippen molar-refractivity contribution >= 4 is 5.65 Å². The van der Waals surface area contributed by atoms with Crippen LogP contribution >= 0.6 is 0 Å². The summed E-state index contributed by atoms with van der Waals surface area (Å²) in [6.45, 7) is 4.93. The summed E-state index contributed by atoms with van der Waals surface area (Å²) in [5.41, 5.74) is 0.743. The van der Waals surface area contributed by atoms with E-state index >= 15 is 0 Å². The zero-order chi connectivity index (χ0) is 19.0. The highest BCUT2D eigenvalue weighted by atomic mass is 19.4. The fraction of sp³-hybridized carbons (Fsp3) is 0.368. The lowest BCUT2D eigenvalue weighted by Crippen LogP contribution is -2.24. The molecule has 0 saturated carbocycles. The van der Waals surface area contributed by atoms with Crippen molar-refractivity contribution in [3.8, 4) is 17.1 Å². The Hall–Kier alpha value is -2.61. The molecule has 5 nitrogen and oxygen atoms in total. The predicted molar refractivity (Wildman–Crippen MR) is 94.6 cm³/mol. The van der Waals surface area contributed by atoms with Crippen molar-refractivity contribution in [3.63, 3.8) is 0 Å². The van der Waals surface area contributed by atoms with Gasteiger partial charge in [-0.05, 0) is 31.2 Å². The molecule has 0 N–H and O–H groups in total. The molecule has 1 atom stereocenters. The molecule has 3 aromatic rings. The van der Waals surface area contributed by atoms with Crippen molar-refractivity contribution in [1.82, 2.24) is 19.5 Å². The van der Waals surface area contributed by atoms with Crippen LogP contribution in [0.15, 0.2) is 42.6 Å². The molecule has 0 bridgehead atoms. The van der Waals surface area contributed by atoms with E-state index in [0.717, 1.165) is 38.2 Å². The summed E-state index contributed by atoms with van der Waals surface area (Å²) >= 11 is 0. The standard InChI is InChI=1S/C19H19F3N4O/c1-2-25-9-8-15(12-25)27-18-7-6-17-23-11-16(26(17)24-18)13-4-3-5-14(10-13)19(20,21)22/h3-7,10-11,15H,2,8-9,12H2,1H3. The number of likely N-dealkylation sites (tertiary alicyclic amines) is 1. The normalized spacial score (nSPS) is 18.3. The van der Waals surface area contributed by atoms with Gasteiger partial charge in [-0.25, -0.2) is 9.50 Å². The second kappa shape index (κ2) is 6.84. The fourth-order valence-electron chi connectivity index (χ4n) is 3.32. The summed E-state index contributed by atoms with van der Waals surface area (Å²) in [5, 5.41) is 4.45. The molecular weight excluding hydrogens is 357 g/mol. The Morgan fingerprint density at radius 3 is 2.81 bits per heavy atom. The van der Waals surface area contributed by atoms with E-state index in [4.69, 9.17) is 4.74 Å². The van der Waals surface area contributed by atoms with Crippen LogP contribution in [0.2, 0.25) is 0 Å². The molecule has 0 radical (unpaired) electrons. The number of likely N-dealkylation sites (N-methyl/N-ethyl adjacent to an activating group) is 1. The number of halogens is 3. The molecule has 1 aliphatic rings. The highest BCUT2D eigenvalue weighted by molar-refractivity contribution is 5.64. The minimum atomic E-state index is -4.40. The third-order valence-electron chi connectivity index (χ3n) is 4.79. The topological polar surface area (TPSA) is 42.7 Å². The Kier molecular flexibility index (Phi) is 4.51. The number of hydrogen-bond donors (Lipinski definition) is 0. The van der Waals surface area contributed by atoms with E-state index in [0.29, 0.717) is 22.8 Å².